The first-order valence-corrected chi connectivity index (χ1v) is 10.8. The zero-order valence-corrected chi connectivity index (χ0v) is 19.3. The monoisotopic (exact) mass is 493 g/mol. The first kappa shape index (κ1) is 25.1. The molecule has 0 aliphatic carbocycles. The van der Waals surface area contributed by atoms with Crippen molar-refractivity contribution < 1.29 is 22.8 Å². The Bertz CT molecular complexity index is 1210. The molecule has 1 atom stereocenters. The van der Waals surface area contributed by atoms with Crippen LogP contribution < -0.4 is 21.7 Å². The van der Waals surface area contributed by atoms with Crippen LogP contribution in [0.1, 0.15) is 54.8 Å². The van der Waals surface area contributed by atoms with Gasteiger partial charge in [0.1, 0.15) is 27.7 Å². The molecule has 9 nitrogen and oxygen atoms in total. The second-order valence-electron chi connectivity index (χ2n) is 7.36. The summed E-state index contributed by atoms with van der Waals surface area (Å²) in [6, 6.07) is 2.99. The average Bonchev–Trinajstić information content (AvgIpc) is 3.26. The van der Waals surface area contributed by atoms with E-state index in [1.165, 1.54) is 31.6 Å². The second-order valence-corrected chi connectivity index (χ2v) is 8.42. The number of halogens is 3. The molecule has 3 rings (SSSR count). The summed E-state index contributed by atoms with van der Waals surface area (Å²) in [5, 5.41) is 8.53. The molecule has 0 bridgehead atoms. The third kappa shape index (κ3) is 5.66. The van der Waals surface area contributed by atoms with E-state index in [4.69, 9.17) is 5.73 Å². The maximum absolute atomic E-state index is 13.1. The quantitative estimate of drug-likeness (QED) is 0.397. The van der Waals surface area contributed by atoms with E-state index in [2.05, 4.69) is 30.9 Å². The molecule has 5 N–H and O–H groups in total. The van der Waals surface area contributed by atoms with E-state index in [-0.39, 0.29) is 27.6 Å². The van der Waals surface area contributed by atoms with Crippen LogP contribution in [0.3, 0.4) is 0 Å². The van der Waals surface area contributed by atoms with Crippen molar-refractivity contribution in [2.75, 3.05) is 18.1 Å². The van der Waals surface area contributed by atoms with Gasteiger partial charge in [-0.05, 0) is 38.6 Å². The Hall–Kier alpha value is -3.58. The van der Waals surface area contributed by atoms with Gasteiger partial charge in [-0.1, -0.05) is 6.07 Å². The molecule has 2 aromatic heterocycles. The summed E-state index contributed by atoms with van der Waals surface area (Å²) in [5.74, 6) is -0.924. The van der Waals surface area contributed by atoms with Gasteiger partial charge in [-0.3, -0.25) is 9.59 Å². The van der Waals surface area contributed by atoms with Crippen LogP contribution in [0.5, 0.6) is 0 Å². The molecule has 0 aliphatic rings. The average molecular weight is 494 g/mol. The number of aryl methyl sites for hydroxylation is 1. The predicted molar refractivity (Wildman–Crippen MR) is 121 cm³/mol. The Kier molecular flexibility index (Phi) is 7.47. The molecule has 3 aromatic rings. The lowest BCUT2D eigenvalue weighted by Gasteiger charge is -2.14. The minimum Gasteiger partial charge on any atom is -0.383 e. The van der Waals surface area contributed by atoms with Crippen molar-refractivity contribution in [2.24, 2.45) is 0 Å². The first-order chi connectivity index (χ1) is 16.0. The van der Waals surface area contributed by atoms with Crippen molar-refractivity contribution in [1.82, 2.24) is 25.6 Å². The molecule has 1 unspecified atom stereocenters. The van der Waals surface area contributed by atoms with Gasteiger partial charge in [0.25, 0.3) is 11.8 Å². The summed E-state index contributed by atoms with van der Waals surface area (Å²) >= 11 is 1.01. The van der Waals surface area contributed by atoms with Gasteiger partial charge >= 0.3 is 6.18 Å². The number of benzene rings is 1. The lowest BCUT2D eigenvalue weighted by molar-refractivity contribution is -0.138. The van der Waals surface area contributed by atoms with Crippen molar-refractivity contribution in [3.63, 3.8) is 0 Å². The molecular weight excluding hydrogens is 471 g/mol. The number of thiazole rings is 1. The first-order valence-electron chi connectivity index (χ1n) is 10.0. The molecule has 13 heteroatoms. The van der Waals surface area contributed by atoms with Gasteiger partial charge < -0.3 is 21.7 Å². The molecule has 34 heavy (non-hydrogen) atoms. The fourth-order valence-corrected chi connectivity index (χ4v) is 3.91. The molecule has 2 amide bonds. The van der Waals surface area contributed by atoms with Crippen LogP contribution in [-0.4, -0.2) is 33.8 Å². The van der Waals surface area contributed by atoms with Crippen LogP contribution in [0.15, 0.2) is 30.7 Å². The number of anilines is 2. The van der Waals surface area contributed by atoms with Crippen LogP contribution >= 0.6 is 11.3 Å². The molecule has 0 spiro atoms. The normalized spacial score (nSPS) is 12.3. The van der Waals surface area contributed by atoms with Gasteiger partial charge in [0.15, 0.2) is 0 Å². The largest absolute Gasteiger partial charge is 0.416 e. The Morgan fingerprint density at radius 2 is 1.91 bits per heavy atom. The van der Waals surface area contributed by atoms with Gasteiger partial charge in [0.2, 0.25) is 0 Å². The number of alkyl halides is 3. The Labute approximate surface area is 197 Å². The van der Waals surface area contributed by atoms with Crippen LogP contribution in [-0.2, 0) is 12.7 Å². The maximum atomic E-state index is 13.1. The summed E-state index contributed by atoms with van der Waals surface area (Å²) < 4.78 is 39.4. The van der Waals surface area contributed by atoms with Crippen LogP contribution in [0.2, 0.25) is 0 Å². The fourth-order valence-electron chi connectivity index (χ4n) is 3.09. The number of hydrogen-bond acceptors (Lipinski definition) is 8. The number of aromatic nitrogens is 3. The molecule has 0 aliphatic heterocycles. The Morgan fingerprint density at radius 3 is 2.59 bits per heavy atom. The number of hydrogen-bond donors (Lipinski definition) is 4. The molecule has 1 aromatic carbocycles. The highest BCUT2D eigenvalue weighted by molar-refractivity contribution is 7.13. The SMILES string of the molecule is CNCc1c(N)ncnc1C(=O)NC(C)c1ncc(C(=O)Nc2ccc(C)c(C(F)(F)F)c2)s1. The van der Waals surface area contributed by atoms with Gasteiger partial charge in [-0.15, -0.1) is 11.3 Å². The number of carbonyl (C=O) groups is 2. The number of rotatable bonds is 7. The molecule has 2 heterocycles. The number of carbonyl (C=O) groups excluding carboxylic acids is 2. The number of amides is 2. The van der Waals surface area contributed by atoms with Crippen molar-refractivity contribution in [2.45, 2.75) is 32.6 Å². The zero-order valence-electron chi connectivity index (χ0n) is 18.4. The van der Waals surface area contributed by atoms with E-state index >= 15 is 0 Å². The zero-order chi connectivity index (χ0) is 25.0. The van der Waals surface area contributed by atoms with Crippen LogP contribution in [0, 0.1) is 6.92 Å². The molecule has 0 saturated heterocycles. The van der Waals surface area contributed by atoms with Gasteiger partial charge in [0.05, 0.1) is 17.8 Å². The minimum atomic E-state index is -4.53. The van der Waals surface area contributed by atoms with Gasteiger partial charge in [-0.2, -0.15) is 13.2 Å². The number of nitrogen functional groups attached to an aromatic ring is 1. The van der Waals surface area contributed by atoms with E-state index in [1.807, 2.05) is 0 Å². The summed E-state index contributed by atoms with van der Waals surface area (Å²) in [6.07, 6.45) is -2.04. The second kappa shape index (κ2) is 10.1. The van der Waals surface area contributed by atoms with Crippen molar-refractivity contribution >= 4 is 34.7 Å². The van der Waals surface area contributed by atoms with E-state index in [0.717, 1.165) is 17.4 Å². The van der Waals surface area contributed by atoms with Gasteiger partial charge in [0, 0.05) is 17.8 Å². The number of nitrogens with one attached hydrogen (secondary N) is 3. The van der Waals surface area contributed by atoms with E-state index in [9.17, 15) is 22.8 Å². The summed E-state index contributed by atoms with van der Waals surface area (Å²) in [4.78, 5) is 37.5. The van der Waals surface area contributed by atoms with E-state index < -0.39 is 29.6 Å². The van der Waals surface area contributed by atoms with Crippen LogP contribution in [0.4, 0.5) is 24.7 Å². The Balaban J connectivity index is 1.71. The molecular formula is C21H22F3N7O2S. The summed E-state index contributed by atoms with van der Waals surface area (Å²) in [5.41, 5.74) is 5.64. The predicted octanol–water partition coefficient (Wildman–Crippen LogP) is 3.31. The van der Waals surface area contributed by atoms with Crippen molar-refractivity contribution in [3.8, 4) is 0 Å². The highest BCUT2D eigenvalue weighted by atomic mass is 32.1. The van der Waals surface area contributed by atoms with Gasteiger partial charge in [-0.25, -0.2) is 15.0 Å². The highest BCUT2D eigenvalue weighted by Crippen LogP contribution is 2.33. The number of nitrogens with two attached hydrogens (primary N) is 1. The standard InChI is InChI=1S/C21H22F3N7O2S/c1-10-4-5-12(6-14(10)21(22,23)24)31-18(32)15-8-27-20(34-15)11(2)30-19(33)16-13(7-26-3)17(25)29-9-28-16/h4-6,8-9,11,26H,7H2,1-3H3,(H,30,33)(H,31,32)(H2,25,28,29). The van der Waals surface area contributed by atoms with Crippen molar-refractivity contribution in [3.05, 3.63) is 63.0 Å². The highest BCUT2D eigenvalue weighted by Gasteiger charge is 2.32. The molecule has 180 valence electrons. The summed E-state index contributed by atoms with van der Waals surface area (Å²) in [7, 11) is 1.69. The third-order valence-electron chi connectivity index (χ3n) is 4.81. The molecule has 0 fully saturated rings. The molecule has 0 radical (unpaired) electrons. The summed E-state index contributed by atoms with van der Waals surface area (Å²) in [6.45, 7) is 3.31. The third-order valence-corrected chi connectivity index (χ3v) is 5.99. The topological polar surface area (TPSA) is 135 Å². The smallest absolute Gasteiger partial charge is 0.383 e. The lowest BCUT2D eigenvalue weighted by Crippen LogP contribution is -2.29. The number of nitrogens with zero attached hydrogens (tertiary/aromatic N) is 3. The lowest BCUT2D eigenvalue weighted by atomic mass is 10.1. The van der Waals surface area contributed by atoms with E-state index in [0.29, 0.717) is 17.1 Å². The maximum Gasteiger partial charge on any atom is 0.416 e. The molecule has 0 saturated carbocycles. The Morgan fingerprint density at radius 1 is 1.18 bits per heavy atom. The minimum absolute atomic E-state index is 0.0117. The van der Waals surface area contributed by atoms with E-state index in [1.54, 1.807) is 14.0 Å². The van der Waals surface area contributed by atoms with Crippen molar-refractivity contribution in [1.29, 1.82) is 0 Å². The van der Waals surface area contributed by atoms with Crippen LogP contribution in [0.25, 0.3) is 0 Å². The fraction of sp³-hybridized carbons (Fsp3) is 0.286.